The quantitative estimate of drug-likeness (QED) is 0.921. The summed E-state index contributed by atoms with van der Waals surface area (Å²) in [5, 5.41) is 3.17. The summed E-state index contributed by atoms with van der Waals surface area (Å²) in [6.07, 6.45) is 4.40. The lowest BCUT2D eigenvalue weighted by Gasteiger charge is -2.36. The van der Waals surface area contributed by atoms with E-state index in [9.17, 15) is 4.79 Å². The van der Waals surface area contributed by atoms with E-state index in [1.54, 1.807) is 6.07 Å². The number of amides is 1. The molecule has 0 aromatic heterocycles. The fourth-order valence-corrected chi connectivity index (χ4v) is 3.07. The molecule has 1 atom stereocenters. The lowest BCUT2D eigenvalue weighted by molar-refractivity contribution is 0.0602. The summed E-state index contributed by atoms with van der Waals surface area (Å²) in [5.74, 6) is 1.50. The molecule has 0 radical (unpaired) electrons. The molecule has 5 heteroatoms. The summed E-state index contributed by atoms with van der Waals surface area (Å²) in [4.78, 5) is 14.8. The number of piperidine rings is 1. The summed E-state index contributed by atoms with van der Waals surface area (Å²) >= 11 is 0. The highest BCUT2D eigenvalue weighted by Crippen LogP contribution is 2.33. The van der Waals surface area contributed by atoms with E-state index in [-0.39, 0.29) is 12.7 Å². The van der Waals surface area contributed by atoms with Crippen molar-refractivity contribution in [1.29, 1.82) is 0 Å². The highest BCUT2D eigenvalue weighted by Gasteiger charge is 2.28. The molecule has 21 heavy (non-hydrogen) atoms. The van der Waals surface area contributed by atoms with Crippen molar-refractivity contribution in [2.75, 3.05) is 26.9 Å². The third kappa shape index (κ3) is 2.97. The molecule has 0 bridgehead atoms. The summed E-state index contributed by atoms with van der Waals surface area (Å²) < 4.78 is 10.7. The SMILES string of the molecule is CNCCC1CCCCN1C(=O)c1ccc2c(c1)OCO2. The molecule has 1 saturated heterocycles. The second-order valence-corrected chi connectivity index (χ2v) is 5.61. The zero-order valence-corrected chi connectivity index (χ0v) is 12.4. The van der Waals surface area contributed by atoms with Crippen molar-refractivity contribution in [3.8, 4) is 11.5 Å². The highest BCUT2D eigenvalue weighted by molar-refractivity contribution is 5.95. The van der Waals surface area contributed by atoms with Gasteiger partial charge in [-0.15, -0.1) is 0 Å². The van der Waals surface area contributed by atoms with Crippen LogP contribution in [0.15, 0.2) is 18.2 Å². The molecule has 1 N–H and O–H groups in total. The summed E-state index contributed by atoms with van der Waals surface area (Å²) in [6, 6.07) is 5.79. The molecular weight excluding hydrogens is 268 g/mol. The van der Waals surface area contributed by atoms with Crippen LogP contribution in [0.3, 0.4) is 0 Å². The van der Waals surface area contributed by atoms with Gasteiger partial charge < -0.3 is 19.7 Å². The monoisotopic (exact) mass is 290 g/mol. The first-order valence-corrected chi connectivity index (χ1v) is 7.65. The first-order chi connectivity index (χ1) is 10.3. The van der Waals surface area contributed by atoms with Gasteiger partial charge in [0.05, 0.1) is 0 Å². The number of carbonyl (C=O) groups is 1. The Hall–Kier alpha value is -1.75. The maximum atomic E-state index is 12.8. The molecule has 1 aromatic rings. The topological polar surface area (TPSA) is 50.8 Å². The van der Waals surface area contributed by atoms with Crippen LogP contribution in [0.1, 0.15) is 36.0 Å². The molecule has 0 aliphatic carbocycles. The average molecular weight is 290 g/mol. The average Bonchev–Trinajstić information content (AvgIpc) is 3.00. The van der Waals surface area contributed by atoms with Crippen LogP contribution in [0.25, 0.3) is 0 Å². The molecule has 2 heterocycles. The van der Waals surface area contributed by atoms with Crippen LogP contribution in [0.4, 0.5) is 0 Å². The Kier molecular flexibility index (Phi) is 4.29. The minimum atomic E-state index is 0.106. The van der Waals surface area contributed by atoms with Crippen molar-refractivity contribution in [2.24, 2.45) is 0 Å². The molecule has 3 rings (SSSR count). The van der Waals surface area contributed by atoms with E-state index < -0.39 is 0 Å². The number of rotatable bonds is 4. The zero-order chi connectivity index (χ0) is 14.7. The van der Waals surface area contributed by atoms with Crippen LogP contribution in [-0.4, -0.2) is 43.8 Å². The largest absolute Gasteiger partial charge is 0.454 e. The first kappa shape index (κ1) is 14.2. The number of fused-ring (bicyclic) bond motifs is 1. The van der Waals surface area contributed by atoms with Crippen LogP contribution < -0.4 is 14.8 Å². The fraction of sp³-hybridized carbons (Fsp3) is 0.562. The summed E-state index contributed by atoms with van der Waals surface area (Å²) in [6.45, 7) is 2.03. The smallest absolute Gasteiger partial charge is 0.254 e. The summed E-state index contributed by atoms with van der Waals surface area (Å²) in [7, 11) is 1.95. The van der Waals surface area contributed by atoms with Crippen LogP contribution in [0.5, 0.6) is 11.5 Å². The predicted molar refractivity (Wildman–Crippen MR) is 79.8 cm³/mol. The van der Waals surface area contributed by atoms with E-state index >= 15 is 0 Å². The second kappa shape index (κ2) is 6.35. The normalized spacial score (nSPS) is 20.6. The molecular formula is C16H22N2O3. The van der Waals surface area contributed by atoms with Gasteiger partial charge in [0.25, 0.3) is 5.91 Å². The van der Waals surface area contributed by atoms with E-state index in [1.807, 2.05) is 24.1 Å². The van der Waals surface area contributed by atoms with E-state index in [1.165, 1.54) is 6.42 Å². The molecule has 2 aliphatic heterocycles. The zero-order valence-electron chi connectivity index (χ0n) is 12.4. The molecule has 1 amide bonds. The van der Waals surface area contributed by atoms with Gasteiger partial charge in [-0.05, 0) is 57.5 Å². The number of nitrogens with one attached hydrogen (secondary N) is 1. The lowest BCUT2D eigenvalue weighted by atomic mass is 9.98. The van der Waals surface area contributed by atoms with Gasteiger partial charge in [0.15, 0.2) is 11.5 Å². The third-order valence-electron chi connectivity index (χ3n) is 4.24. The number of carbonyl (C=O) groups excluding carboxylic acids is 1. The van der Waals surface area contributed by atoms with Gasteiger partial charge in [0.2, 0.25) is 6.79 Å². The van der Waals surface area contributed by atoms with Crippen molar-refractivity contribution in [1.82, 2.24) is 10.2 Å². The van der Waals surface area contributed by atoms with Gasteiger partial charge in [0, 0.05) is 18.2 Å². The first-order valence-electron chi connectivity index (χ1n) is 7.65. The molecule has 114 valence electrons. The molecule has 1 aromatic carbocycles. The highest BCUT2D eigenvalue weighted by atomic mass is 16.7. The van der Waals surface area contributed by atoms with Crippen LogP contribution in [0.2, 0.25) is 0 Å². The van der Waals surface area contributed by atoms with Gasteiger partial charge in [-0.2, -0.15) is 0 Å². The van der Waals surface area contributed by atoms with Gasteiger partial charge in [-0.3, -0.25) is 4.79 Å². The Labute approximate surface area is 125 Å². The predicted octanol–water partition coefficient (Wildman–Crippen LogP) is 2.02. The number of hydrogen-bond donors (Lipinski definition) is 1. The lowest BCUT2D eigenvalue weighted by Crippen LogP contribution is -2.44. The van der Waals surface area contributed by atoms with E-state index in [4.69, 9.17) is 9.47 Å². The third-order valence-corrected chi connectivity index (χ3v) is 4.24. The van der Waals surface area contributed by atoms with E-state index in [2.05, 4.69) is 5.32 Å². The maximum absolute atomic E-state index is 12.8. The maximum Gasteiger partial charge on any atom is 0.254 e. The van der Waals surface area contributed by atoms with Crippen LogP contribution >= 0.6 is 0 Å². The molecule has 2 aliphatic rings. The fourth-order valence-electron chi connectivity index (χ4n) is 3.07. The van der Waals surface area contributed by atoms with Crippen molar-refractivity contribution in [3.05, 3.63) is 23.8 Å². The number of hydrogen-bond acceptors (Lipinski definition) is 4. The Morgan fingerprint density at radius 1 is 1.33 bits per heavy atom. The number of nitrogens with zero attached hydrogens (tertiary/aromatic N) is 1. The van der Waals surface area contributed by atoms with Gasteiger partial charge in [-0.1, -0.05) is 0 Å². The Balaban J connectivity index is 1.76. The molecule has 0 spiro atoms. The molecule has 5 nitrogen and oxygen atoms in total. The Bertz CT molecular complexity index is 518. The number of benzene rings is 1. The number of likely N-dealkylation sites (tertiary alicyclic amines) is 1. The molecule has 1 unspecified atom stereocenters. The van der Waals surface area contributed by atoms with Crippen molar-refractivity contribution in [3.63, 3.8) is 0 Å². The van der Waals surface area contributed by atoms with E-state index in [0.29, 0.717) is 17.4 Å². The Morgan fingerprint density at radius 2 is 2.19 bits per heavy atom. The minimum absolute atomic E-state index is 0.106. The molecule has 0 saturated carbocycles. The van der Waals surface area contributed by atoms with Crippen LogP contribution in [-0.2, 0) is 0 Å². The van der Waals surface area contributed by atoms with Gasteiger partial charge >= 0.3 is 0 Å². The Morgan fingerprint density at radius 3 is 3.05 bits per heavy atom. The van der Waals surface area contributed by atoms with Crippen molar-refractivity contribution < 1.29 is 14.3 Å². The van der Waals surface area contributed by atoms with Crippen molar-refractivity contribution in [2.45, 2.75) is 31.7 Å². The van der Waals surface area contributed by atoms with E-state index in [0.717, 1.165) is 38.1 Å². The van der Waals surface area contributed by atoms with Crippen LogP contribution in [0, 0.1) is 0 Å². The van der Waals surface area contributed by atoms with Gasteiger partial charge in [0.1, 0.15) is 0 Å². The molecule has 1 fully saturated rings. The second-order valence-electron chi connectivity index (χ2n) is 5.61. The van der Waals surface area contributed by atoms with Gasteiger partial charge in [-0.25, -0.2) is 0 Å². The van der Waals surface area contributed by atoms with Crippen molar-refractivity contribution >= 4 is 5.91 Å². The standard InChI is InChI=1S/C16H22N2O3/c1-17-8-7-13-4-2-3-9-18(13)16(19)12-5-6-14-15(10-12)21-11-20-14/h5-6,10,13,17H,2-4,7-9,11H2,1H3. The minimum Gasteiger partial charge on any atom is -0.454 e. The number of ether oxygens (including phenoxy) is 2. The summed E-state index contributed by atoms with van der Waals surface area (Å²) in [5.41, 5.74) is 0.690.